The average Bonchev–Trinajstić information content (AvgIpc) is 2.85. The van der Waals surface area contributed by atoms with Crippen molar-refractivity contribution in [2.75, 3.05) is 13.2 Å². The van der Waals surface area contributed by atoms with Crippen LogP contribution < -0.4 is 10.1 Å². The van der Waals surface area contributed by atoms with Gasteiger partial charge in [-0.3, -0.25) is 0 Å². The molecule has 3 N–H and O–H groups in total. The van der Waals surface area contributed by atoms with Crippen LogP contribution in [0.1, 0.15) is 31.3 Å². The normalized spacial score (nSPS) is 11.3. The number of carboxylic acids is 1. The SMILES string of the molecule is CC(C)(C)OC(=O)NCCOc1ccc2[nH]c(C(=O)O)cc2c1. The highest BCUT2D eigenvalue weighted by Crippen LogP contribution is 2.21. The van der Waals surface area contributed by atoms with E-state index < -0.39 is 17.7 Å². The predicted molar refractivity (Wildman–Crippen MR) is 85.0 cm³/mol. The van der Waals surface area contributed by atoms with Crippen LogP contribution in [0.3, 0.4) is 0 Å². The zero-order valence-corrected chi connectivity index (χ0v) is 13.3. The summed E-state index contributed by atoms with van der Waals surface area (Å²) in [6.07, 6.45) is -0.492. The minimum atomic E-state index is -1.01. The summed E-state index contributed by atoms with van der Waals surface area (Å²) < 4.78 is 10.6. The minimum Gasteiger partial charge on any atom is -0.492 e. The number of fused-ring (bicyclic) bond motifs is 1. The molecule has 0 saturated carbocycles. The van der Waals surface area contributed by atoms with Crippen molar-refractivity contribution in [2.24, 2.45) is 0 Å². The number of nitrogens with one attached hydrogen (secondary N) is 2. The van der Waals surface area contributed by atoms with Crippen LogP contribution in [0.2, 0.25) is 0 Å². The first kappa shape index (κ1) is 16.7. The first-order valence-electron chi connectivity index (χ1n) is 7.20. The maximum absolute atomic E-state index is 11.5. The standard InChI is InChI=1S/C16H20N2O5/c1-16(2,3)23-15(21)17-6-7-22-11-4-5-12-10(8-11)9-13(18-12)14(19)20/h4-5,8-9,18H,6-7H2,1-3H3,(H,17,21)(H,19,20). The third kappa shape index (κ3) is 4.91. The lowest BCUT2D eigenvalue weighted by atomic mass is 10.2. The van der Waals surface area contributed by atoms with Crippen LogP contribution >= 0.6 is 0 Å². The Morgan fingerprint density at radius 2 is 2.00 bits per heavy atom. The summed E-state index contributed by atoms with van der Waals surface area (Å²) in [4.78, 5) is 25.2. The molecule has 2 aromatic rings. The Morgan fingerprint density at radius 3 is 2.65 bits per heavy atom. The fraction of sp³-hybridized carbons (Fsp3) is 0.375. The molecule has 0 unspecified atom stereocenters. The van der Waals surface area contributed by atoms with Crippen LogP contribution in [0.4, 0.5) is 4.79 Å². The Morgan fingerprint density at radius 1 is 1.26 bits per heavy atom. The maximum Gasteiger partial charge on any atom is 0.407 e. The van der Waals surface area contributed by atoms with Crippen LogP contribution in [-0.4, -0.2) is 40.9 Å². The molecule has 0 aliphatic carbocycles. The fourth-order valence-corrected chi connectivity index (χ4v) is 1.95. The molecule has 7 nitrogen and oxygen atoms in total. The van der Waals surface area contributed by atoms with Gasteiger partial charge in [-0.15, -0.1) is 0 Å². The van der Waals surface area contributed by atoms with Crippen molar-refractivity contribution in [3.8, 4) is 5.75 Å². The number of aromatic nitrogens is 1. The molecule has 0 saturated heterocycles. The van der Waals surface area contributed by atoms with E-state index in [2.05, 4.69) is 10.3 Å². The predicted octanol–water partition coefficient (Wildman–Crippen LogP) is 2.77. The Kier molecular flexibility index (Phi) is 4.78. The van der Waals surface area contributed by atoms with E-state index in [9.17, 15) is 9.59 Å². The van der Waals surface area contributed by atoms with Gasteiger partial charge in [0.1, 0.15) is 23.7 Å². The van der Waals surface area contributed by atoms with Gasteiger partial charge in [-0.05, 0) is 45.0 Å². The zero-order chi connectivity index (χ0) is 17.0. The second-order valence-corrected chi connectivity index (χ2v) is 6.01. The second-order valence-electron chi connectivity index (χ2n) is 6.01. The second kappa shape index (κ2) is 6.60. The minimum absolute atomic E-state index is 0.128. The van der Waals surface area contributed by atoms with Crippen LogP contribution in [0, 0.1) is 0 Å². The number of ether oxygens (including phenoxy) is 2. The van der Waals surface area contributed by atoms with Crippen molar-refractivity contribution in [1.82, 2.24) is 10.3 Å². The van der Waals surface area contributed by atoms with E-state index in [1.54, 1.807) is 45.0 Å². The molecule has 0 bridgehead atoms. The average molecular weight is 320 g/mol. The molecular formula is C16H20N2O5. The number of H-pyrrole nitrogens is 1. The van der Waals surface area contributed by atoms with Gasteiger partial charge in [0.2, 0.25) is 0 Å². The Balaban J connectivity index is 1.85. The maximum atomic E-state index is 11.5. The van der Waals surface area contributed by atoms with Gasteiger partial charge in [0.15, 0.2) is 0 Å². The lowest BCUT2D eigenvalue weighted by Gasteiger charge is -2.19. The van der Waals surface area contributed by atoms with E-state index in [1.807, 2.05) is 0 Å². The molecule has 7 heteroatoms. The summed E-state index contributed by atoms with van der Waals surface area (Å²) in [7, 11) is 0. The first-order chi connectivity index (χ1) is 10.7. The molecule has 1 amide bonds. The number of aromatic carboxylic acids is 1. The molecule has 23 heavy (non-hydrogen) atoms. The molecule has 0 aliphatic rings. The van der Waals surface area contributed by atoms with Gasteiger partial charge in [0, 0.05) is 10.9 Å². The van der Waals surface area contributed by atoms with Crippen molar-refractivity contribution in [3.05, 3.63) is 30.0 Å². The number of amides is 1. The highest BCUT2D eigenvalue weighted by molar-refractivity contribution is 5.94. The Bertz CT molecular complexity index is 715. The van der Waals surface area contributed by atoms with Gasteiger partial charge >= 0.3 is 12.1 Å². The Labute approximate surface area is 133 Å². The van der Waals surface area contributed by atoms with Crippen LogP contribution in [0.5, 0.6) is 5.75 Å². The van der Waals surface area contributed by atoms with Gasteiger partial charge < -0.3 is 24.9 Å². The van der Waals surface area contributed by atoms with E-state index >= 15 is 0 Å². The first-order valence-corrected chi connectivity index (χ1v) is 7.20. The quantitative estimate of drug-likeness (QED) is 0.735. The summed E-state index contributed by atoms with van der Waals surface area (Å²) in [5.74, 6) is -0.412. The number of hydrogen-bond donors (Lipinski definition) is 3. The molecule has 1 aromatic heterocycles. The largest absolute Gasteiger partial charge is 0.492 e. The van der Waals surface area contributed by atoms with Crippen LogP contribution in [-0.2, 0) is 4.74 Å². The van der Waals surface area contributed by atoms with E-state index in [0.717, 1.165) is 10.9 Å². The third-order valence-electron chi connectivity index (χ3n) is 2.86. The molecule has 0 fully saturated rings. The van der Waals surface area contributed by atoms with E-state index in [-0.39, 0.29) is 12.3 Å². The number of alkyl carbamates (subject to hydrolysis) is 1. The molecule has 0 atom stereocenters. The monoisotopic (exact) mass is 320 g/mol. The van der Waals surface area contributed by atoms with E-state index in [0.29, 0.717) is 12.3 Å². The molecule has 2 rings (SSSR count). The number of rotatable bonds is 5. The number of carboxylic acid groups (broad SMARTS) is 1. The number of carbonyl (C=O) groups excluding carboxylic acids is 1. The van der Waals surface area contributed by atoms with Crippen molar-refractivity contribution in [2.45, 2.75) is 26.4 Å². The van der Waals surface area contributed by atoms with Crippen molar-refractivity contribution >= 4 is 23.0 Å². The van der Waals surface area contributed by atoms with Gasteiger partial charge in [-0.1, -0.05) is 0 Å². The summed E-state index contributed by atoms with van der Waals surface area (Å²) in [5, 5.41) is 12.3. The summed E-state index contributed by atoms with van der Waals surface area (Å²) in [6.45, 7) is 5.96. The highest BCUT2D eigenvalue weighted by atomic mass is 16.6. The molecule has 0 aliphatic heterocycles. The highest BCUT2D eigenvalue weighted by Gasteiger charge is 2.15. The van der Waals surface area contributed by atoms with E-state index in [4.69, 9.17) is 14.6 Å². The van der Waals surface area contributed by atoms with Gasteiger partial charge in [-0.25, -0.2) is 9.59 Å². The topological polar surface area (TPSA) is 101 Å². The lowest BCUT2D eigenvalue weighted by molar-refractivity contribution is 0.0519. The third-order valence-corrected chi connectivity index (χ3v) is 2.86. The summed E-state index contributed by atoms with van der Waals surface area (Å²) in [6, 6.07) is 6.77. The van der Waals surface area contributed by atoms with Gasteiger partial charge in [0.05, 0.1) is 6.54 Å². The molecule has 0 spiro atoms. The molecular weight excluding hydrogens is 300 g/mol. The number of hydrogen-bond acceptors (Lipinski definition) is 4. The molecule has 1 heterocycles. The lowest BCUT2D eigenvalue weighted by Crippen LogP contribution is -2.34. The molecule has 124 valence electrons. The van der Waals surface area contributed by atoms with Gasteiger partial charge in [-0.2, -0.15) is 0 Å². The Hall–Kier alpha value is -2.70. The molecule has 0 radical (unpaired) electrons. The number of benzene rings is 1. The fourth-order valence-electron chi connectivity index (χ4n) is 1.95. The summed E-state index contributed by atoms with van der Waals surface area (Å²) in [5.41, 5.74) is 0.317. The van der Waals surface area contributed by atoms with E-state index in [1.165, 1.54) is 0 Å². The van der Waals surface area contributed by atoms with Crippen molar-refractivity contribution < 1.29 is 24.2 Å². The van der Waals surface area contributed by atoms with Crippen molar-refractivity contribution in [1.29, 1.82) is 0 Å². The van der Waals surface area contributed by atoms with Crippen LogP contribution in [0.25, 0.3) is 10.9 Å². The van der Waals surface area contributed by atoms with Crippen LogP contribution in [0.15, 0.2) is 24.3 Å². The number of aromatic amines is 1. The van der Waals surface area contributed by atoms with Gasteiger partial charge in [0.25, 0.3) is 0 Å². The van der Waals surface area contributed by atoms with Crippen molar-refractivity contribution in [3.63, 3.8) is 0 Å². The molecule has 1 aromatic carbocycles. The summed E-state index contributed by atoms with van der Waals surface area (Å²) >= 11 is 0. The zero-order valence-electron chi connectivity index (χ0n) is 13.3. The smallest absolute Gasteiger partial charge is 0.407 e. The number of carbonyl (C=O) groups is 2.